The van der Waals surface area contributed by atoms with E-state index < -0.39 is 6.10 Å². The van der Waals surface area contributed by atoms with E-state index in [0.29, 0.717) is 5.69 Å². The molecule has 4 heteroatoms. The smallest absolute Gasteiger partial charge is 0.209 e. The average Bonchev–Trinajstić information content (AvgIpc) is 2.87. The third-order valence-corrected chi connectivity index (χ3v) is 2.80. The topological polar surface area (TPSA) is 55.1 Å². The highest BCUT2D eigenvalue weighted by atomic mass is 16.3. The molecule has 1 heterocycles. The van der Waals surface area contributed by atoms with Gasteiger partial charge >= 0.3 is 0 Å². The Bertz CT molecular complexity index is 532. The lowest BCUT2D eigenvalue weighted by atomic mass is 10.0. The van der Waals surface area contributed by atoms with Gasteiger partial charge in [0.05, 0.1) is 11.9 Å². The predicted octanol–water partition coefficient (Wildman–Crippen LogP) is 2.07. The molecule has 18 heavy (non-hydrogen) atoms. The van der Waals surface area contributed by atoms with Crippen LogP contribution in [0.4, 0.5) is 0 Å². The molecule has 4 nitrogen and oxygen atoms in total. The molecule has 1 N–H and O–H groups in total. The maximum Gasteiger partial charge on any atom is 0.209 e. The molecule has 94 valence electrons. The summed E-state index contributed by atoms with van der Waals surface area (Å²) in [5, 5.41) is 14.0. The van der Waals surface area contributed by atoms with Gasteiger partial charge in [-0.15, -0.1) is 0 Å². The summed E-state index contributed by atoms with van der Waals surface area (Å²) in [6.07, 6.45) is 0.567. The summed E-state index contributed by atoms with van der Waals surface area (Å²) in [5.74, 6) is -0.414. The van der Waals surface area contributed by atoms with Gasteiger partial charge < -0.3 is 5.11 Å². The molecule has 0 aliphatic rings. The third-order valence-electron chi connectivity index (χ3n) is 2.80. The van der Waals surface area contributed by atoms with Gasteiger partial charge in [-0.3, -0.25) is 4.79 Å². The number of aromatic nitrogens is 2. The van der Waals surface area contributed by atoms with Crippen molar-refractivity contribution in [2.45, 2.75) is 20.0 Å². The minimum absolute atomic E-state index is 0.114. The third kappa shape index (κ3) is 2.33. The first-order valence-corrected chi connectivity index (χ1v) is 5.93. The molecule has 1 aromatic carbocycles. The highest BCUT2D eigenvalue weighted by Crippen LogP contribution is 2.14. The molecular weight excluding hydrogens is 228 g/mol. The van der Waals surface area contributed by atoms with Gasteiger partial charge in [-0.05, 0) is 24.1 Å². The number of rotatable bonds is 4. The maximum atomic E-state index is 12.1. The van der Waals surface area contributed by atoms with E-state index in [4.69, 9.17) is 0 Å². The lowest BCUT2D eigenvalue weighted by Crippen LogP contribution is -2.28. The van der Waals surface area contributed by atoms with E-state index >= 15 is 0 Å². The maximum absolute atomic E-state index is 12.1. The lowest BCUT2D eigenvalue weighted by molar-refractivity contribution is 0.0639. The summed E-state index contributed by atoms with van der Waals surface area (Å²) in [4.78, 5) is 12.1. The van der Waals surface area contributed by atoms with Crippen LogP contribution in [0.15, 0.2) is 42.6 Å². The zero-order valence-corrected chi connectivity index (χ0v) is 10.4. The van der Waals surface area contributed by atoms with Crippen LogP contribution in [0.5, 0.6) is 0 Å². The predicted molar refractivity (Wildman–Crippen MR) is 68.7 cm³/mol. The Labute approximate surface area is 106 Å². The second kappa shape index (κ2) is 5.14. The summed E-state index contributed by atoms with van der Waals surface area (Å²) >= 11 is 0. The normalized spacial score (nSPS) is 12.7. The van der Waals surface area contributed by atoms with E-state index in [1.807, 2.05) is 44.2 Å². The second-order valence-corrected chi connectivity index (χ2v) is 4.52. The number of hydrogen-bond acceptors (Lipinski definition) is 3. The van der Waals surface area contributed by atoms with E-state index in [0.717, 1.165) is 5.69 Å². The number of benzene rings is 1. The Morgan fingerprint density at radius 2 is 1.89 bits per heavy atom. The average molecular weight is 244 g/mol. The SMILES string of the molecule is CC(C)C(O)C(=O)c1ccnn1-c1ccccc1. The van der Waals surface area contributed by atoms with Gasteiger partial charge in [-0.25, -0.2) is 4.68 Å². The quantitative estimate of drug-likeness (QED) is 0.838. The number of hydrogen-bond donors (Lipinski definition) is 1. The number of aliphatic hydroxyl groups excluding tert-OH is 1. The van der Waals surface area contributed by atoms with Crippen molar-refractivity contribution in [2.24, 2.45) is 5.92 Å². The van der Waals surface area contributed by atoms with Crippen molar-refractivity contribution >= 4 is 5.78 Å². The van der Waals surface area contributed by atoms with Crippen LogP contribution in [-0.2, 0) is 0 Å². The van der Waals surface area contributed by atoms with Gasteiger partial charge in [0.15, 0.2) is 0 Å². The number of Topliss-reactive ketones (excluding diaryl/α,β-unsaturated/α-hetero) is 1. The van der Waals surface area contributed by atoms with Crippen LogP contribution in [-0.4, -0.2) is 26.8 Å². The molecule has 0 radical (unpaired) electrons. The van der Waals surface area contributed by atoms with E-state index in [1.165, 1.54) is 0 Å². The van der Waals surface area contributed by atoms with Gasteiger partial charge in [-0.2, -0.15) is 5.10 Å². The molecule has 1 aromatic heterocycles. The first kappa shape index (κ1) is 12.5. The van der Waals surface area contributed by atoms with Crippen LogP contribution in [0.2, 0.25) is 0 Å². The van der Waals surface area contributed by atoms with Crippen molar-refractivity contribution in [3.8, 4) is 5.69 Å². The van der Waals surface area contributed by atoms with Gasteiger partial charge in [0.1, 0.15) is 11.8 Å². The Kier molecular flexibility index (Phi) is 3.58. The molecule has 0 spiro atoms. The molecule has 2 aromatic rings. The molecule has 0 fully saturated rings. The molecule has 0 saturated heterocycles. The highest BCUT2D eigenvalue weighted by molar-refractivity contribution is 5.98. The van der Waals surface area contributed by atoms with Gasteiger partial charge in [0.2, 0.25) is 5.78 Å². The molecule has 0 aliphatic carbocycles. The van der Waals surface area contributed by atoms with E-state index in [9.17, 15) is 9.90 Å². The number of carbonyl (C=O) groups excluding carboxylic acids is 1. The number of nitrogens with zero attached hydrogens (tertiary/aromatic N) is 2. The fraction of sp³-hybridized carbons (Fsp3) is 0.286. The highest BCUT2D eigenvalue weighted by Gasteiger charge is 2.23. The number of ketones is 1. The van der Waals surface area contributed by atoms with Crippen LogP contribution >= 0.6 is 0 Å². The van der Waals surface area contributed by atoms with Crippen LogP contribution in [0.3, 0.4) is 0 Å². The first-order valence-electron chi connectivity index (χ1n) is 5.93. The fourth-order valence-corrected chi connectivity index (χ4v) is 1.72. The molecule has 1 unspecified atom stereocenters. The Morgan fingerprint density at radius 1 is 1.22 bits per heavy atom. The molecule has 0 saturated carbocycles. The van der Waals surface area contributed by atoms with E-state index in [-0.39, 0.29) is 11.7 Å². The summed E-state index contributed by atoms with van der Waals surface area (Å²) < 4.78 is 1.55. The molecule has 0 aliphatic heterocycles. The van der Waals surface area contributed by atoms with E-state index in [1.54, 1.807) is 16.9 Å². The minimum Gasteiger partial charge on any atom is -0.385 e. The number of para-hydroxylation sites is 1. The zero-order chi connectivity index (χ0) is 13.1. The van der Waals surface area contributed by atoms with Gasteiger partial charge in [-0.1, -0.05) is 32.0 Å². The zero-order valence-electron chi connectivity index (χ0n) is 10.4. The van der Waals surface area contributed by atoms with Crippen LogP contribution < -0.4 is 0 Å². The van der Waals surface area contributed by atoms with Crippen molar-refractivity contribution in [3.63, 3.8) is 0 Å². The fourth-order valence-electron chi connectivity index (χ4n) is 1.72. The monoisotopic (exact) mass is 244 g/mol. The van der Waals surface area contributed by atoms with Crippen molar-refractivity contribution in [1.82, 2.24) is 9.78 Å². The summed E-state index contributed by atoms with van der Waals surface area (Å²) in [6.45, 7) is 3.62. The Morgan fingerprint density at radius 3 is 2.50 bits per heavy atom. The summed E-state index contributed by atoms with van der Waals surface area (Å²) in [7, 11) is 0. The largest absolute Gasteiger partial charge is 0.385 e. The molecule has 1 atom stereocenters. The van der Waals surface area contributed by atoms with Crippen LogP contribution in [0.1, 0.15) is 24.3 Å². The van der Waals surface area contributed by atoms with Gasteiger partial charge in [0.25, 0.3) is 0 Å². The standard InChI is InChI=1S/C14H16N2O2/c1-10(2)13(17)14(18)12-8-9-15-16(12)11-6-4-3-5-7-11/h3-10,13,17H,1-2H3. The molecule has 0 amide bonds. The van der Waals surface area contributed by atoms with Crippen molar-refractivity contribution in [3.05, 3.63) is 48.3 Å². The first-order chi connectivity index (χ1) is 8.61. The van der Waals surface area contributed by atoms with Crippen molar-refractivity contribution in [2.75, 3.05) is 0 Å². The number of carbonyl (C=O) groups is 1. The van der Waals surface area contributed by atoms with Crippen LogP contribution in [0, 0.1) is 5.92 Å². The second-order valence-electron chi connectivity index (χ2n) is 4.52. The van der Waals surface area contributed by atoms with E-state index in [2.05, 4.69) is 5.10 Å². The lowest BCUT2D eigenvalue weighted by Gasteiger charge is -2.14. The Hall–Kier alpha value is -1.94. The number of aliphatic hydroxyl groups is 1. The molecule has 2 rings (SSSR count). The van der Waals surface area contributed by atoms with Crippen LogP contribution in [0.25, 0.3) is 5.69 Å². The summed E-state index contributed by atoms with van der Waals surface area (Å²) in [6, 6.07) is 11.0. The Balaban J connectivity index is 2.37. The molecule has 0 bridgehead atoms. The van der Waals surface area contributed by atoms with Gasteiger partial charge in [0, 0.05) is 0 Å². The minimum atomic E-state index is -0.996. The summed E-state index contributed by atoms with van der Waals surface area (Å²) in [5.41, 5.74) is 1.21. The molecular formula is C14H16N2O2. The van der Waals surface area contributed by atoms with Crippen molar-refractivity contribution in [1.29, 1.82) is 0 Å². The van der Waals surface area contributed by atoms with Crippen molar-refractivity contribution < 1.29 is 9.90 Å².